The largest absolute Gasteiger partial charge is 0.309 e. The van der Waals surface area contributed by atoms with Gasteiger partial charge in [0.2, 0.25) is 0 Å². The minimum Gasteiger partial charge on any atom is -0.309 e. The first-order valence-electron chi connectivity index (χ1n) is 7.73. The molecule has 18 heavy (non-hydrogen) atoms. The monoisotopic (exact) mass is 243 g/mol. The highest BCUT2D eigenvalue weighted by molar-refractivity contribution is 5.37. The first-order valence-corrected chi connectivity index (χ1v) is 7.73. The highest BCUT2D eigenvalue weighted by Crippen LogP contribution is 2.37. The average molecular weight is 243 g/mol. The molecule has 0 saturated heterocycles. The number of fused-ring (bicyclic) bond motifs is 1. The second kappa shape index (κ2) is 5.44. The zero-order valence-electron chi connectivity index (χ0n) is 11.5. The minimum atomic E-state index is 0.639. The Morgan fingerprint density at radius 2 is 2.00 bits per heavy atom. The molecule has 1 atom stereocenters. The van der Waals surface area contributed by atoms with Gasteiger partial charge in [0.25, 0.3) is 0 Å². The van der Waals surface area contributed by atoms with Crippen molar-refractivity contribution in [3.8, 4) is 0 Å². The van der Waals surface area contributed by atoms with Crippen molar-refractivity contribution in [1.82, 2.24) is 5.32 Å². The molecule has 0 aromatic heterocycles. The summed E-state index contributed by atoms with van der Waals surface area (Å²) >= 11 is 0. The molecule has 1 aliphatic heterocycles. The summed E-state index contributed by atoms with van der Waals surface area (Å²) in [6, 6.07) is 7.81. The van der Waals surface area contributed by atoms with Gasteiger partial charge in [-0.15, -0.1) is 0 Å². The fourth-order valence-electron chi connectivity index (χ4n) is 3.74. The van der Waals surface area contributed by atoms with E-state index < -0.39 is 0 Å². The number of hydrogen-bond acceptors (Lipinski definition) is 1. The Morgan fingerprint density at radius 1 is 1.17 bits per heavy atom. The van der Waals surface area contributed by atoms with Crippen molar-refractivity contribution in [2.75, 3.05) is 6.54 Å². The topological polar surface area (TPSA) is 12.0 Å². The molecular formula is C17H25N. The van der Waals surface area contributed by atoms with Crippen molar-refractivity contribution >= 4 is 0 Å². The fraction of sp³-hybridized carbons (Fsp3) is 0.647. The van der Waals surface area contributed by atoms with Crippen molar-refractivity contribution in [2.24, 2.45) is 5.92 Å². The normalized spacial score (nSPS) is 24.8. The van der Waals surface area contributed by atoms with Crippen LogP contribution >= 0.6 is 0 Å². The molecule has 1 fully saturated rings. The maximum absolute atomic E-state index is 3.80. The number of hydrogen-bond donors (Lipinski definition) is 1. The summed E-state index contributed by atoms with van der Waals surface area (Å²) in [6.07, 6.45) is 9.54. The molecule has 1 saturated carbocycles. The summed E-state index contributed by atoms with van der Waals surface area (Å²) in [4.78, 5) is 0. The van der Waals surface area contributed by atoms with Crippen LogP contribution in [0.1, 0.15) is 61.8 Å². The van der Waals surface area contributed by atoms with E-state index in [-0.39, 0.29) is 0 Å². The van der Waals surface area contributed by atoms with Crippen LogP contribution in [0.5, 0.6) is 0 Å². The number of benzene rings is 1. The Hall–Kier alpha value is -0.820. The van der Waals surface area contributed by atoms with E-state index in [1.54, 1.807) is 11.1 Å². The zero-order valence-corrected chi connectivity index (χ0v) is 11.5. The van der Waals surface area contributed by atoms with Crippen LogP contribution in [0.15, 0.2) is 18.2 Å². The smallest absolute Gasteiger partial charge is 0.0351 e. The summed E-state index contributed by atoms with van der Waals surface area (Å²) in [5, 5.41) is 3.80. The second-order valence-corrected chi connectivity index (χ2v) is 5.97. The van der Waals surface area contributed by atoms with Gasteiger partial charge < -0.3 is 5.32 Å². The molecular weight excluding hydrogens is 218 g/mol. The fourth-order valence-corrected chi connectivity index (χ4v) is 3.74. The van der Waals surface area contributed by atoms with Gasteiger partial charge in [-0.2, -0.15) is 0 Å². The summed E-state index contributed by atoms with van der Waals surface area (Å²) in [7, 11) is 0. The van der Waals surface area contributed by atoms with Crippen molar-refractivity contribution in [3.63, 3.8) is 0 Å². The van der Waals surface area contributed by atoms with Gasteiger partial charge in [0, 0.05) is 6.04 Å². The lowest BCUT2D eigenvalue weighted by Crippen LogP contribution is -2.35. The van der Waals surface area contributed by atoms with E-state index >= 15 is 0 Å². The Kier molecular flexibility index (Phi) is 3.69. The lowest BCUT2D eigenvalue weighted by molar-refractivity contribution is 0.264. The standard InChI is InChI=1S/C17H25N/c1-2-13-8-9-14-10-11-18-17(16(14)12-13)15-6-4-3-5-7-15/h8-9,12,15,17-18H,2-7,10-11H2,1H3. The predicted molar refractivity (Wildman–Crippen MR) is 76.8 cm³/mol. The Morgan fingerprint density at radius 3 is 2.78 bits per heavy atom. The molecule has 0 spiro atoms. The SMILES string of the molecule is CCc1ccc2c(c1)C(C1CCCCC1)NCC2. The summed E-state index contributed by atoms with van der Waals surface area (Å²) < 4.78 is 0. The zero-order chi connectivity index (χ0) is 12.4. The highest BCUT2D eigenvalue weighted by atomic mass is 14.9. The first kappa shape index (κ1) is 12.2. The van der Waals surface area contributed by atoms with Gasteiger partial charge in [-0.25, -0.2) is 0 Å². The highest BCUT2D eigenvalue weighted by Gasteiger charge is 2.28. The van der Waals surface area contributed by atoms with Crippen LogP contribution in [-0.4, -0.2) is 6.54 Å². The van der Waals surface area contributed by atoms with Crippen LogP contribution in [0.4, 0.5) is 0 Å². The molecule has 1 aromatic carbocycles. The van der Waals surface area contributed by atoms with Crippen molar-refractivity contribution < 1.29 is 0 Å². The van der Waals surface area contributed by atoms with Crippen LogP contribution in [0.25, 0.3) is 0 Å². The minimum absolute atomic E-state index is 0.639. The van der Waals surface area contributed by atoms with Crippen LogP contribution in [-0.2, 0) is 12.8 Å². The average Bonchev–Trinajstić information content (AvgIpc) is 2.47. The predicted octanol–water partition coefficient (Wildman–Crippen LogP) is 4.02. The van der Waals surface area contributed by atoms with E-state index in [2.05, 4.69) is 30.4 Å². The van der Waals surface area contributed by atoms with E-state index in [1.165, 1.54) is 50.6 Å². The van der Waals surface area contributed by atoms with Gasteiger partial charge >= 0.3 is 0 Å². The van der Waals surface area contributed by atoms with E-state index in [0.29, 0.717) is 6.04 Å². The summed E-state index contributed by atoms with van der Waals surface area (Å²) in [5.74, 6) is 0.880. The third-order valence-electron chi connectivity index (χ3n) is 4.83. The van der Waals surface area contributed by atoms with E-state index in [0.717, 1.165) is 12.3 Å². The number of aryl methyl sites for hydroxylation is 1. The molecule has 3 rings (SSSR count). The molecule has 98 valence electrons. The van der Waals surface area contributed by atoms with Gasteiger partial charge in [0.05, 0.1) is 0 Å². The Bertz CT molecular complexity index is 404. The van der Waals surface area contributed by atoms with Crippen LogP contribution in [0, 0.1) is 5.92 Å². The summed E-state index contributed by atoms with van der Waals surface area (Å²) in [5.41, 5.74) is 4.72. The molecule has 1 aromatic rings. The summed E-state index contributed by atoms with van der Waals surface area (Å²) in [6.45, 7) is 3.42. The molecule has 0 bridgehead atoms. The molecule has 1 unspecified atom stereocenters. The van der Waals surface area contributed by atoms with Gasteiger partial charge in [-0.1, -0.05) is 44.4 Å². The second-order valence-electron chi connectivity index (χ2n) is 5.97. The van der Waals surface area contributed by atoms with Crippen molar-refractivity contribution in [2.45, 2.75) is 57.9 Å². The van der Waals surface area contributed by atoms with Gasteiger partial charge in [0.1, 0.15) is 0 Å². The third-order valence-corrected chi connectivity index (χ3v) is 4.83. The molecule has 0 radical (unpaired) electrons. The van der Waals surface area contributed by atoms with Crippen LogP contribution in [0.3, 0.4) is 0 Å². The molecule has 1 aliphatic carbocycles. The quantitative estimate of drug-likeness (QED) is 0.827. The Labute approximate surface area is 111 Å². The van der Waals surface area contributed by atoms with Gasteiger partial charge in [-0.05, 0) is 54.8 Å². The van der Waals surface area contributed by atoms with Crippen molar-refractivity contribution in [3.05, 3.63) is 34.9 Å². The lowest BCUT2D eigenvalue weighted by atomic mass is 9.78. The molecule has 0 amide bonds. The van der Waals surface area contributed by atoms with E-state index in [9.17, 15) is 0 Å². The molecule has 1 N–H and O–H groups in total. The maximum atomic E-state index is 3.80. The maximum Gasteiger partial charge on any atom is 0.0351 e. The number of nitrogens with one attached hydrogen (secondary N) is 1. The number of rotatable bonds is 2. The van der Waals surface area contributed by atoms with E-state index in [1.807, 2.05) is 0 Å². The Balaban J connectivity index is 1.89. The molecule has 1 nitrogen and oxygen atoms in total. The van der Waals surface area contributed by atoms with Crippen LogP contribution in [0.2, 0.25) is 0 Å². The van der Waals surface area contributed by atoms with Crippen molar-refractivity contribution in [1.29, 1.82) is 0 Å². The lowest BCUT2D eigenvalue weighted by Gasteiger charge is -2.35. The molecule has 1 heterocycles. The first-order chi connectivity index (χ1) is 8.88. The molecule has 2 aliphatic rings. The van der Waals surface area contributed by atoms with E-state index in [4.69, 9.17) is 0 Å². The third kappa shape index (κ3) is 2.33. The van der Waals surface area contributed by atoms with Gasteiger partial charge in [0.15, 0.2) is 0 Å². The van der Waals surface area contributed by atoms with Gasteiger partial charge in [-0.3, -0.25) is 0 Å². The van der Waals surface area contributed by atoms with Crippen LogP contribution < -0.4 is 5.32 Å². The molecule has 1 heteroatoms.